The van der Waals surface area contributed by atoms with E-state index in [1.807, 2.05) is 6.92 Å². The van der Waals surface area contributed by atoms with Gasteiger partial charge >= 0.3 is 0 Å². The average Bonchev–Trinajstić information content (AvgIpc) is 2.78. The number of ether oxygens (including phenoxy) is 1. The molecule has 0 aliphatic rings. The quantitative estimate of drug-likeness (QED) is 0.261. The van der Waals surface area contributed by atoms with E-state index in [2.05, 4.69) is 0 Å². The normalized spacial score (nSPS) is 10.8. The summed E-state index contributed by atoms with van der Waals surface area (Å²) in [5, 5.41) is 11.2. The molecule has 31 heavy (non-hydrogen) atoms. The van der Waals surface area contributed by atoms with Crippen molar-refractivity contribution in [2.45, 2.75) is 6.92 Å². The number of ketones is 1. The van der Waals surface area contributed by atoms with Crippen LogP contribution < -0.4 is 10.2 Å². The lowest BCUT2D eigenvalue weighted by Crippen LogP contribution is -2.18. The molecule has 0 N–H and O–H groups in total. The molecule has 0 saturated carbocycles. The third-order valence-corrected chi connectivity index (χ3v) is 4.97. The highest BCUT2D eigenvalue weighted by Gasteiger charge is 2.24. The lowest BCUT2D eigenvalue weighted by molar-refractivity contribution is -0.384. The van der Waals surface area contributed by atoms with Crippen LogP contribution in [0, 0.1) is 17.0 Å². The van der Waals surface area contributed by atoms with Crippen molar-refractivity contribution in [2.75, 3.05) is 7.11 Å². The first-order valence-electron chi connectivity index (χ1n) is 9.40. The molecule has 0 bridgehead atoms. The van der Waals surface area contributed by atoms with Crippen molar-refractivity contribution in [3.63, 3.8) is 0 Å². The molecule has 0 aliphatic heterocycles. The predicted molar refractivity (Wildman–Crippen MR) is 116 cm³/mol. The molecular weight excluding hydrogens is 398 g/mol. The molecule has 0 atom stereocenters. The molecule has 0 saturated heterocycles. The van der Waals surface area contributed by atoms with Crippen LogP contribution in [0.2, 0.25) is 0 Å². The highest BCUT2D eigenvalue weighted by Crippen LogP contribution is 2.29. The number of non-ortho nitro benzene ring substituents is 1. The van der Waals surface area contributed by atoms with E-state index in [9.17, 15) is 19.7 Å². The molecule has 0 amide bonds. The molecule has 7 heteroatoms. The zero-order valence-corrected chi connectivity index (χ0v) is 16.7. The standard InChI is InChI=1S/C24H17NO6/c1-14-3-12-19-20(13-14)31-24(16-6-10-18(30-2)11-7-16)21(23(19)27)22(26)15-4-8-17(9-5-15)25(28)29/h3-13H,1-2H3. The molecule has 1 heterocycles. The molecule has 154 valence electrons. The van der Waals surface area contributed by atoms with Crippen molar-refractivity contribution in [1.29, 1.82) is 0 Å². The maximum atomic E-state index is 13.3. The van der Waals surface area contributed by atoms with Crippen molar-refractivity contribution < 1.29 is 18.9 Å². The molecule has 0 unspecified atom stereocenters. The Balaban J connectivity index is 1.96. The van der Waals surface area contributed by atoms with Crippen molar-refractivity contribution in [2.24, 2.45) is 0 Å². The van der Waals surface area contributed by atoms with Crippen LogP contribution in [0.4, 0.5) is 5.69 Å². The van der Waals surface area contributed by atoms with Gasteiger partial charge in [0.2, 0.25) is 11.2 Å². The van der Waals surface area contributed by atoms with Crippen LogP contribution in [0.15, 0.2) is 75.9 Å². The maximum absolute atomic E-state index is 13.3. The smallest absolute Gasteiger partial charge is 0.269 e. The molecule has 7 nitrogen and oxygen atoms in total. The number of methoxy groups -OCH3 is 1. The fourth-order valence-corrected chi connectivity index (χ4v) is 3.33. The number of hydrogen-bond donors (Lipinski definition) is 0. The zero-order chi connectivity index (χ0) is 22.1. The number of nitro benzene ring substituents is 1. The van der Waals surface area contributed by atoms with E-state index >= 15 is 0 Å². The van der Waals surface area contributed by atoms with Gasteiger partial charge in [-0.25, -0.2) is 0 Å². The van der Waals surface area contributed by atoms with Crippen LogP contribution in [0.1, 0.15) is 21.5 Å². The number of benzene rings is 3. The Bertz CT molecular complexity index is 1370. The van der Waals surface area contributed by atoms with Crippen molar-refractivity contribution in [3.05, 3.63) is 104 Å². The Hall–Kier alpha value is -4.26. The Kier molecular flexibility index (Phi) is 5.09. The second-order valence-electron chi connectivity index (χ2n) is 7.00. The number of nitrogens with zero attached hydrogens (tertiary/aromatic N) is 1. The third-order valence-electron chi connectivity index (χ3n) is 4.97. The number of nitro groups is 1. The van der Waals surface area contributed by atoms with Gasteiger partial charge in [-0.3, -0.25) is 19.7 Å². The number of aryl methyl sites for hydroxylation is 1. The van der Waals surface area contributed by atoms with Gasteiger partial charge in [0.05, 0.1) is 17.4 Å². The second-order valence-corrected chi connectivity index (χ2v) is 7.00. The van der Waals surface area contributed by atoms with Crippen molar-refractivity contribution in [1.82, 2.24) is 0 Å². The summed E-state index contributed by atoms with van der Waals surface area (Å²) in [7, 11) is 1.54. The maximum Gasteiger partial charge on any atom is 0.269 e. The minimum absolute atomic E-state index is 0.129. The van der Waals surface area contributed by atoms with Crippen LogP contribution >= 0.6 is 0 Å². The van der Waals surface area contributed by atoms with Crippen molar-refractivity contribution >= 4 is 22.4 Å². The van der Waals surface area contributed by atoms with Gasteiger partial charge in [0, 0.05) is 23.3 Å². The summed E-state index contributed by atoms with van der Waals surface area (Å²) in [5.74, 6) is 0.178. The van der Waals surface area contributed by atoms with Crippen molar-refractivity contribution in [3.8, 4) is 17.1 Å². The Labute approximate surface area is 176 Å². The van der Waals surface area contributed by atoms with Gasteiger partial charge in [-0.2, -0.15) is 0 Å². The summed E-state index contributed by atoms with van der Waals surface area (Å²) >= 11 is 0. The lowest BCUT2D eigenvalue weighted by atomic mass is 9.97. The van der Waals surface area contributed by atoms with Gasteiger partial charge in [-0.1, -0.05) is 6.07 Å². The monoisotopic (exact) mass is 415 g/mol. The summed E-state index contributed by atoms with van der Waals surface area (Å²) in [4.78, 5) is 37.0. The third kappa shape index (κ3) is 3.69. The highest BCUT2D eigenvalue weighted by molar-refractivity contribution is 6.13. The molecule has 3 aromatic carbocycles. The fourth-order valence-electron chi connectivity index (χ4n) is 3.33. The minimum atomic E-state index is -0.572. The zero-order valence-electron chi connectivity index (χ0n) is 16.7. The van der Waals surface area contributed by atoms with E-state index in [4.69, 9.17) is 9.15 Å². The summed E-state index contributed by atoms with van der Waals surface area (Å²) in [6, 6.07) is 17.1. The molecule has 4 aromatic rings. The molecule has 0 radical (unpaired) electrons. The van der Waals surface area contributed by atoms with Crippen LogP contribution in [0.3, 0.4) is 0 Å². The first-order chi connectivity index (χ1) is 14.9. The van der Waals surface area contributed by atoms with Gasteiger partial charge in [-0.05, 0) is 61.0 Å². The first-order valence-corrected chi connectivity index (χ1v) is 9.40. The molecule has 0 aliphatic carbocycles. The van der Waals surface area contributed by atoms with E-state index < -0.39 is 16.1 Å². The van der Waals surface area contributed by atoms with E-state index in [1.165, 1.54) is 31.4 Å². The van der Waals surface area contributed by atoms with E-state index in [0.29, 0.717) is 16.9 Å². The van der Waals surface area contributed by atoms with Gasteiger partial charge in [0.15, 0.2) is 0 Å². The lowest BCUT2D eigenvalue weighted by Gasteiger charge is -2.11. The fraction of sp³-hybridized carbons (Fsp3) is 0.0833. The molecule has 4 rings (SSSR count). The van der Waals surface area contributed by atoms with Crippen LogP contribution in [-0.2, 0) is 0 Å². The van der Waals surface area contributed by atoms with E-state index in [-0.39, 0.29) is 28.0 Å². The van der Waals surface area contributed by atoms with Gasteiger partial charge < -0.3 is 9.15 Å². The first kappa shape index (κ1) is 20.0. The minimum Gasteiger partial charge on any atom is -0.497 e. The van der Waals surface area contributed by atoms with E-state index in [0.717, 1.165) is 5.56 Å². The Morgan fingerprint density at radius 2 is 1.68 bits per heavy atom. The number of hydrogen-bond acceptors (Lipinski definition) is 6. The summed E-state index contributed by atoms with van der Waals surface area (Å²) in [6.07, 6.45) is 0. The highest BCUT2D eigenvalue weighted by atomic mass is 16.6. The van der Waals surface area contributed by atoms with Crippen LogP contribution in [0.25, 0.3) is 22.3 Å². The SMILES string of the molecule is COc1ccc(-c2oc3cc(C)ccc3c(=O)c2C(=O)c2ccc([N+](=O)[O-])cc2)cc1. The largest absolute Gasteiger partial charge is 0.497 e. The number of carbonyl (C=O) groups excluding carboxylic acids is 1. The summed E-state index contributed by atoms with van der Waals surface area (Å²) < 4.78 is 11.2. The molecular formula is C24H17NO6. The van der Waals surface area contributed by atoms with Crippen LogP contribution in [-0.4, -0.2) is 17.8 Å². The second kappa shape index (κ2) is 7.87. The average molecular weight is 415 g/mol. The molecule has 0 spiro atoms. The topological polar surface area (TPSA) is 99.7 Å². The summed E-state index contributed by atoms with van der Waals surface area (Å²) in [6.45, 7) is 1.88. The molecule has 1 aromatic heterocycles. The Morgan fingerprint density at radius 1 is 1.00 bits per heavy atom. The number of fused-ring (bicyclic) bond motifs is 1. The van der Waals surface area contributed by atoms with Gasteiger partial charge in [0.25, 0.3) is 5.69 Å². The van der Waals surface area contributed by atoms with Gasteiger partial charge in [0.1, 0.15) is 22.7 Å². The summed E-state index contributed by atoms with van der Waals surface area (Å²) in [5.41, 5.74) is 1.23. The van der Waals surface area contributed by atoms with E-state index in [1.54, 1.807) is 42.5 Å². The molecule has 0 fully saturated rings. The number of carbonyl (C=O) groups is 1. The Morgan fingerprint density at radius 3 is 2.29 bits per heavy atom. The number of rotatable bonds is 5. The predicted octanol–water partition coefficient (Wildman–Crippen LogP) is 4.92. The van der Waals surface area contributed by atoms with Crippen LogP contribution in [0.5, 0.6) is 5.75 Å². The van der Waals surface area contributed by atoms with Gasteiger partial charge in [-0.15, -0.1) is 0 Å².